The third-order valence-electron chi connectivity index (χ3n) is 2.41. The highest BCUT2D eigenvalue weighted by atomic mass is 16.5. The molecular weight excluding hydrogens is 218 g/mol. The van der Waals surface area contributed by atoms with E-state index in [1.165, 1.54) is 0 Å². The van der Waals surface area contributed by atoms with Crippen LogP contribution >= 0.6 is 0 Å². The molecule has 1 atom stereocenters. The number of ether oxygens (including phenoxy) is 1. The summed E-state index contributed by atoms with van der Waals surface area (Å²) in [7, 11) is 1.56. The highest BCUT2D eigenvalue weighted by Crippen LogP contribution is 2.08. The first-order valence-corrected chi connectivity index (χ1v) is 5.69. The average Bonchev–Trinajstić information content (AvgIpc) is 2.36. The molecule has 0 bridgehead atoms. The molecule has 0 aliphatic rings. The molecule has 1 amide bonds. The van der Waals surface area contributed by atoms with Crippen LogP contribution in [0.15, 0.2) is 18.3 Å². The van der Waals surface area contributed by atoms with Crippen LogP contribution in [-0.2, 0) is 11.3 Å². The Morgan fingerprint density at radius 2 is 2.41 bits per heavy atom. The smallest absolute Gasteiger partial charge is 0.237 e. The molecule has 5 heteroatoms. The molecule has 3 N–H and O–H groups in total. The van der Waals surface area contributed by atoms with Gasteiger partial charge < -0.3 is 15.8 Å². The predicted octanol–water partition coefficient (Wildman–Crippen LogP) is 0.834. The summed E-state index contributed by atoms with van der Waals surface area (Å²) in [5.74, 6) is 0.414. The second-order valence-electron chi connectivity index (χ2n) is 3.82. The Labute approximate surface area is 101 Å². The van der Waals surface area contributed by atoms with Crippen molar-refractivity contribution in [2.75, 3.05) is 7.11 Å². The molecule has 1 aromatic heterocycles. The van der Waals surface area contributed by atoms with Crippen LogP contribution in [0, 0.1) is 0 Å². The van der Waals surface area contributed by atoms with Crippen molar-refractivity contribution in [3.05, 3.63) is 23.9 Å². The van der Waals surface area contributed by atoms with Crippen molar-refractivity contribution in [2.45, 2.75) is 32.4 Å². The van der Waals surface area contributed by atoms with E-state index in [0.717, 1.165) is 12.0 Å². The van der Waals surface area contributed by atoms with E-state index in [2.05, 4.69) is 10.3 Å². The monoisotopic (exact) mass is 237 g/mol. The molecule has 0 saturated heterocycles. The number of carbonyl (C=O) groups excluding carboxylic acids is 1. The first kappa shape index (κ1) is 13.4. The molecule has 0 radical (unpaired) electrons. The van der Waals surface area contributed by atoms with Gasteiger partial charge in [0.05, 0.1) is 13.2 Å². The van der Waals surface area contributed by atoms with Crippen molar-refractivity contribution in [2.24, 2.45) is 5.73 Å². The molecule has 5 nitrogen and oxygen atoms in total. The van der Waals surface area contributed by atoms with Crippen molar-refractivity contribution in [3.63, 3.8) is 0 Å². The lowest BCUT2D eigenvalue weighted by Crippen LogP contribution is -2.40. The van der Waals surface area contributed by atoms with Gasteiger partial charge in [0.25, 0.3) is 0 Å². The number of nitrogens with zero attached hydrogens (tertiary/aromatic N) is 1. The molecule has 0 aliphatic carbocycles. The molecule has 17 heavy (non-hydrogen) atoms. The second kappa shape index (κ2) is 6.85. The van der Waals surface area contributed by atoms with Crippen LogP contribution in [0.5, 0.6) is 5.88 Å². The number of rotatable bonds is 6. The lowest BCUT2D eigenvalue weighted by atomic mass is 10.1. The summed E-state index contributed by atoms with van der Waals surface area (Å²) in [6.07, 6.45) is 3.25. The summed E-state index contributed by atoms with van der Waals surface area (Å²) in [6, 6.07) is 3.18. The Morgan fingerprint density at radius 1 is 1.65 bits per heavy atom. The third-order valence-corrected chi connectivity index (χ3v) is 2.41. The van der Waals surface area contributed by atoms with E-state index in [9.17, 15) is 4.79 Å². The standard InChI is InChI=1S/C12H19N3O2/c1-3-4-10(13)12(16)15-8-9-5-6-14-11(7-9)17-2/h5-7,10H,3-4,8,13H2,1-2H3,(H,15,16)/t10-/m1/s1. The van der Waals surface area contributed by atoms with Crippen LogP contribution in [-0.4, -0.2) is 24.0 Å². The number of methoxy groups -OCH3 is 1. The van der Waals surface area contributed by atoms with Crippen LogP contribution in [0.2, 0.25) is 0 Å². The second-order valence-corrected chi connectivity index (χ2v) is 3.82. The maximum atomic E-state index is 11.6. The molecule has 94 valence electrons. The van der Waals surface area contributed by atoms with E-state index in [1.54, 1.807) is 19.4 Å². The number of nitrogens with one attached hydrogen (secondary N) is 1. The minimum atomic E-state index is -0.427. The molecule has 1 rings (SSSR count). The van der Waals surface area contributed by atoms with Gasteiger partial charge in [-0.15, -0.1) is 0 Å². The molecule has 0 aromatic carbocycles. The predicted molar refractivity (Wildman–Crippen MR) is 65.5 cm³/mol. The van der Waals surface area contributed by atoms with Gasteiger partial charge >= 0.3 is 0 Å². The van der Waals surface area contributed by atoms with E-state index in [1.807, 2.05) is 13.0 Å². The number of carbonyl (C=O) groups is 1. The summed E-state index contributed by atoms with van der Waals surface area (Å²) in [4.78, 5) is 15.6. The zero-order valence-electron chi connectivity index (χ0n) is 10.3. The van der Waals surface area contributed by atoms with E-state index >= 15 is 0 Å². The number of hydrogen-bond donors (Lipinski definition) is 2. The number of aromatic nitrogens is 1. The van der Waals surface area contributed by atoms with Gasteiger partial charge in [0.15, 0.2) is 0 Å². The normalized spacial score (nSPS) is 11.9. The van der Waals surface area contributed by atoms with E-state index in [0.29, 0.717) is 18.8 Å². The van der Waals surface area contributed by atoms with Crippen LogP contribution < -0.4 is 15.8 Å². The van der Waals surface area contributed by atoms with E-state index in [-0.39, 0.29) is 5.91 Å². The molecule has 0 saturated carbocycles. The molecule has 1 heterocycles. The topological polar surface area (TPSA) is 77.2 Å². The number of nitrogens with two attached hydrogens (primary N) is 1. The Bertz CT molecular complexity index is 369. The van der Waals surface area contributed by atoms with Crippen LogP contribution in [0.25, 0.3) is 0 Å². The highest BCUT2D eigenvalue weighted by molar-refractivity contribution is 5.81. The summed E-state index contributed by atoms with van der Waals surface area (Å²) in [5.41, 5.74) is 6.64. The fourth-order valence-electron chi connectivity index (χ4n) is 1.43. The van der Waals surface area contributed by atoms with Gasteiger partial charge in [0.1, 0.15) is 0 Å². The fraction of sp³-hybridized carbons (Fsp3) is 0.500. The van der Waals surface area contributed by atoms with Gasteiger partial charge in [0, 0.05) is 18.8 Å². The summed E-state index contributed by atoms with van der Waals surface area (Å²) in [6.45, 7) is 2.44. The van der Waals surface area contributed by atoms with Crippen LogP contribution in [0.3, 0.4) is 0 Å². The minimum absolute atomic E-state index is 0.123. The summed E-state index contributed by atoms with van der Waals surface area (Å²) < 4.78 is 5.00. The van der Waals surface area contributed by atoms with Gasteiger partial charge in [-0.25, -0.2) is 4.98 Å². The van der Waals surface area contributed by atoms with Gasteiger partial charge in [0.2, 0.25) is 11.8 Å². The van der Waals surface area contributed by atoms with Gasteiger partial charge in [-0.3, -0.25) is 4.79 Å². The maximum Gasteiger partial charge on any atom is 0.237 e. The summed E-state index contributed by atoms with van der Waals surface area (Å²) in [5, 5.41) is 2.79. The molecule has 0 spiro atoms. The zero-order valence-corrected chi connectivity index (χ0v) is 10.3. The van der Waals surface area contributed by atoms with Crippen molar-refractivity contribution in [1.29, 1.82) is 0 Å². The molecule has 0 unspecified atom stereocenters. The van der Waals surface area contributed by atoms with Crippen molar-refractivity contribution in [1.82, 2.24) is 10.3 Å². The van der Waals surface area contributed by atoms with Crippen LogP contribution in [0.4, 0.5) is 0 Å². The zero-order chi connectivity index (χ0) is 12.7. The Hall–Kier alpha value is -1.62. The number of amides is 1. The molecular formula is C12H19N3O2. The molecule has 0 fully saturated rings. The van der Waals surface area contributed by atoms with E-state index in [4.69, 9.17) is 10.5 Å². The Morgan fingerprint density at radius 3 is 3.06 bits per heavy atom. The van der Waals surface area contributed by atoms with Crippen LogP contribution in [0.1, 0.15) is 25.3 Å². The fourth-order valence-corrected chi connectivity index (χ4v) is 1.43. The number of pyridine rings is 1. The first-order valence-electron chi connectivity index (χ1n) is 5.69. The lowest BCUT2D eigenvalue weighted by molar-refractivity contribution is -0.122. The maximum absolute atomic E-state index is 11.6. The first-order chi connectivity index (χ1) is 8.17. The Kier molecular flexibility index (Phi) is 5.42. The summed E-state index contributed by atoms with van der Waals surface area (Å²) >= 11 is 0. The van der Waals surface area contributed by atoms with E-state index < -0.39 is 6.04 Å². The number of hydrogen-bond acceptors (Lipinski definition) is 4. The minimum Gasteiger partial charge on any atom is -0.481 e. The third kappa shape index (κ3) is 4.40. The quantitative estimate of drug-likeness (QED) is 0.768. The Balaban J connectivity index is 2.46. The SMILES string of the molecule is CCC[C@@H](N)C(=O)NCc1ccnc(OC)c1. The lowest BCUT2D eigenvalue weighted by Gasteiger charge is -2.11. The highest BCUT2D eigenvalue weighted by Gasteiger charge is 2.11. The van der Waals surface area contributed by atoms with Crippen molar-refractivity contribution >= 4 is 5.91 Å². The molecule has 0 aliphatic heterocycles. The van der Waals surface area contributed by atoms with Gasteiger partial charge in [-0.2, -0.15) is 0 Å². The van der Waals surface area contributed by atoms with Crippen molar-refractivity contribution < 1.29 is 9.53 Å². The van der Waals surface area contributed by atoms with Crippen molar-refractivity contribution in [3.8, 4) is 5.88 Å². The molecule has 1 aromatic rings. The average molecular weight is 237 g/mol. The largest absolute Gasteiger partial charge is 0.481 e. The van der Waals surface area contributed by atoms with Gasteiger partial charge in [-0.1, -0.05) is 13.3 Å². The van der Waals surface area contributed by atoms with Gasteiger partial charge in [-0.05, 0) is 18.1 Å².